The first-order valence-electron chi connectivity index (χ1n) is 3.15. The monoisotopic (exact) mass is 148 g/mol. The van der Waals surface area contributed by atoms with E-state index in [1.807, 2.05) is 6.92 Å². The number of hydrogen-bond acceptors (Lipinski definition) is 1. The van der Waals surface area contributed by atoms with Crippen LogP contribution in [0.2, 0.25) is 0 Å². The summed E-state index contributed by atoms with van der Waals surface area (Å²) in [6.07, 6.45) is 2.41. The van der Waals surface area contributed by atoms with Crippen LogP contribution >= 0.6 is 9.24 Å². The highest BCUT2D eigenvalue weighted by Crippen LogP contribution is 2.08. The summed E-state index contributed by atoms with van der Waals surface area (Å²) in [5.74, 6) is -0.827. The third-order valence-electron chi connectivity index (χ3n) is 1.27. The Labute approximate surface area is 57.8 Å². The molecule has 0 saturated carbocycles. The Morgan fingerprint density at radius 3 is 2.44 bits per heavy atom. The molecular formula is C6H13O2P. The van der Waals surface area contributed by atoms with E-state index < -0.39 is 5.97 Å². The fourth-order valence-corrected chi connectivity index (χ4v) is 1.13. The molecule has 0 aliphatic heterocycles. The van der Waals surface area contributed by atoms with Crippen LogP contribution < -0.4 is 0 Å². The second-order valence-corrected chi connectivity index (χ2v) is 2.53. The number of hydrogen-bond donors (Lipinski definition) is 1. The Bertz CT molecular complexity index is 93.1. The third-order valence-corrected chi connectivity index (χ3v) is 1.84. The van der Waals surface area contributed by atoms with Crippen molar-refractivity contribution in [1.82, 2.24) is 0 Å². The second-order valence-electron chi connectivity index (χ2n) is 2.06. The quantitative estimate of drug-likeness (QED) is 0.611. The van der Waals surface area contributed by atoms with Crippen LogP contribution in [0, 0.1) is 5.92 Å². The molecule has 0 saturated heterocycles. The molecule has 0 spiro atoms. The van der Waals surface area contributed by atoms with Crippen LogP contribution in [0.4, 0.5) is 0 Å². The Hall–Kier alpha value is -0.100. The van der Waals surface area contributed by atoms with Gasteiger partial charge in [0.15, 0.2) is 0 Å². The first-order chi connectivity index (χ1) is 4.22. The SMILES string of the molecule is CCCC(CP)C(=O)O. The maximum atomic E-state index is 10.3. The lowest BCUT2D eigenvalue weighted by molar-refractivity contribution is -0.141. The van der Waals surface area contributed by atoms with Gasteiger partial charge >= 0.3 is 5.97 Å². The molecule has 1 N–H and O–H groups in total. The van der Waals surface area contributed by atoms with Crippen molar-refractivity contribution in [2.45, 2.75) is 19.8 Å². The number of carboxylic acid groups (broad SMARTS) is 1. The summed E-state index contributed by atoms with van der Waals surface area (Å²) in [5, 5.41) is 8.49. The van der Waals surface area contributed by atoms with Crippen LogP contribution in [0.5, 0.6) is 0 Å². The van der Waals surface area contributed by atoms with Gasteiger partial charge in [0.25, 0.3) is 0 Å². The average Bonchev–Trinajstić information content (AvgIpc) is 1.82. The van der Waals surface area contributed by atoms with E-state index in [4.69, 9.17) is 5.11 Å². The van der Waals surface area contributed by atoms with Gasteiger partial charge in [0, 0.05) is 0 Å². The van der Waals surface area contributed by atoms with Crippen molar-refractivity contribution in [3.8, 4) is 0 Å². The van der Waals surface area contributed by atoms with E-state index in [-0.39, 0.29) is 5.92 Å². The second kappa shape index (κ2) is 4.75. The van der Waals surface area contributed by atoms with Gasteiger partial charge in [0.1, 0.15) is 0 Å². The minimum absolute atomic E-state index is 0.153. The predicted octanol–water partition coefficient (Wildman–Crippen LogP) is 1.36. The van der Waals surface area contributed by atoms with Crippen LogP contribution in [0.25, 0.3) is 0 Å². The number of carboxylic acids is 1. The number of aliphatic carboxylic acids is 1. The van der Waals surface area contributed by atoms with Crippen molar-refractivity contribution < 1.29 is 9.90 Å². The van der Waals surface area contributed by atoms with Gasteiger partial charge in [0.2, 0.25) is 0 Å². The molecule has 0 radical (unpaired) electrons. The van der Waals surface area contributed by atoms with Gasteiger partial charge in [-0.25, -0.2) is 0 Å². The van der Waals surface area contributed by atoms with Gasteiger partial charge in [-0.2, -0.15) is 0 Å². The molecule has 3 heteroatoms. The molecule has 0 fully saturated rings. The molecule has 0 aromatic heterocycles. The molecular weight excluding hydrogens is 135 g/mol. The molecule has 0 amide bonds. The summed E-state index contributed by atoms with van der Waals surface area (Å²) in [5.41, 5.74) is 0. The highest BCUT2D eigenvalue weighted by Gasteiger charge is 2.12. The predicted molar refractivity (Wildman–Crippen MR) is 40.6 cm³/mol. The molecule has 0 heterocycles. The van der Waals surface area contributed by atoms with Crippen LogP contribution in [0.1, 0.15) is 19.8 Å². The van der Waals surface area contributed by atoms with Crippen molar-refractivity contribution in [2.24, 2.45) is 5.92 Å². The van der Waals surface area contributed by atoms with Crippen molar-refractivity contribution in [1.29, 1.82) is 0 Å². The minimum Gasteiger partial charge on any atom is -0.481 e. The van der Waals surface area contributed by atoms with Crippen LogP contribution in [-0.4, -0.2) is 17.2 Å². The van der Waals surface area contributed by atoms with E-state index in [1.54, 1.807) is 0 Å². The van der Waals surface area contributed by atoms with E-state index in [9.17, 15) is 4.79 Å². The first-order valence-corrected chi connectivity index (χ1v) is 3.96. The summed E-state index contributed by atoms with van der Waals surface area (Å²) in [6, 6.07) is 0. The largest absolute Gasteiger partial charge is 0.481 e. The summed E-state index contributed by atoms with van der Waals surface area (Å²) in [7, 11) is 2.46. The fraction of sp³-hybridized carbons (Fsp3) is 0.833. The van der Waals surface area contributed by atoms with Gasteiger partial charge in [-0.3, -0.25) is 4.79 Å². The Balaban J connectivity index is 3.54. The van der Waals surface area contributed by atoms with Gasteiger partial charge in [-0.05, 0) is 12.6 Å². The zero-order chi connectivity index (χ0) is 7.28. The third kappa shape index (κ3) is 3.47. The molecule has 0 aliphatic carbocycles. The summed E-state index contributed by atoms with van der Waals surface area (Å²) < 4.78 is 0. The minimum atomic E-state index is -0.674. The average molecular weight is 148 g/mol. The Morgan fingerprint density at radius 2 is 2.33 bits per heavy atom. The topological polar surface area (TPSA) is 37.3 Å². The molecule has 0 aliphatic rings. The molecule has 0 aromatic carbocycles. The van der Waals surface area contributed by atoms with E-state index in [0.717, 1.165) is 12.8 Å². The molecule has 0 aromatic rings. The Kier molecular flexibility index (Phi) is 4.70. The van der Waals surface area contributed by atoms with E-state index in [0.29, 0.717) is 6.16 Å². The van der Waals surface area contributed by atoms with Gasteiger partial charge in [-0.15, -0.1) is 9.24 Å². The zero-order valence-electron chi connectivity index (χ0n) is 5.63. The van der Waals surface area contributed by atoms with Crippen LogP contribution in [0.3, 0.4) is 0 Å². The zero-order valence-corrected chi connectivity index (χ0v) is 6.79. The lowest BCUT2D eigenvalue weighted by Crippen LogP contribution is -2.14. The molecule has 9 heavy (non-hydrogen) atoms. The van der Waals surface area contributed by atoms with E-state index >= 15 is 0 Å². The smallest absolute Gasteiger partial charge is 0.306 e. The van der Waals surface area contributed by atoms with Crippen molar-refractivity contribution in [3.05, 3.63) is 0 Å². The van der Waals surface area contributed by atoms with E-state index in [2.05, 4.69) is 9.24 Å². The van der Waals surface area contributed by atoms with Crippen molar-refractivity contribution in [3.63, 3.8) is 0 Å². The van der Waals surface area contributed by atoms with Crippen molar-refractivity contribution in [2.75, 3.05) is 6.16 Å². The molecule has 0 bridgehead atoms. The van der Waals surface area contributed by atoms with Crippen LogP contribution in [0.15, 0.2) is 0 Å². The van der Waals surface area contributed by atoms with Gasteiger partial charge in [0.05, 0.1) is 5.92 Å². The highest BCUT2D eigenvalue weighted by molar-refractivity contribution is 7.16. The molecule has 54 valence electrons. The van der Waals surface area contributed by atoms with Crippen molar-refractivity contribution >= 4 is 15.2 Å². The van der Waals surface area contributed by atoms with Crippen LogP contribution in [-0.2, 0) is 4.79 Å². The highest BCUT2D eigenvalue weighted by atomic mass is 31.0. The summed E-state index contributed by atoms with van der Waals surface area (Å²) in [4.78, 5) is 10.3. The van der Waals surface area contributed by atoms with Gasteiger partial charge < -0.3 is 5.11 Å². The molecule has 2 nitrogen and oxygen atoms in total. The standard InChI is InChI=1S/C6H13O2P/c1-2-3-5(4-9)6(7)8/h5H,2-4,9H2,1H3,(H,7,8). The molecule has 0 rings (SSSR count). The van der Waals surface area contributed by atoms with Gasteiger partial charge in [-0.1, -0.05) is 13.3 Å². The van der Waals surface area contributed by atoms with E-state index in [1.165, 1.54) is 0 Å². The molecule has 2 unspecified atom stereocenters. The first kappa shape index (κ1) is 8.90. The summed E-state index contributed by atoms with van der Waals surface area (Å²) >= 11 is 0. The fourth-order valence-electron chi connectivity index (χ4n) is 0.691. The summed E-state index contributed by atoms with van der Waals surface area (Å²) in [6.45, 7) is 2.00. The lowest BCUT2D eigenvalue weighted by atomic mass is 10.1. The Morgan fingerprint density at radius 1 is 1.78 bits per heavy atom. The maximum Gasteiger partial charge on any atom is 0.306 e. The maximum absolute atomic E-state index is 10.3. The number of rotatable bonds is 4. The number of carbonyl (C=O) groups is 1. The molecule has 2 atom stereocenters. The lowest BCUT2D eigenvalue weighted by Gasteiger charge is -2.05. The normalized spacial score (nSPS) is 13.1.